The van der Waals surface area contributed by atoms with Crippen LogP contribution in [0.4, 0.5) is 23.0 Å². The fraction of sp³-hybridized carbons (Fsp3) is 0. The molecule has 0 radical (unpaired) electrons. The first-order valence-electron chi connectivity index (χ1n) is 9.21. The second-order valence-corrected chi connectivity index (χ2v) is 6.12. The van der Waals surface area contributed by atoms with E-state index in [0.29, 0.717) is 11.6 Å². The van der Waals surface area contributed by atoms with E-state index in [1.54, 1.807) is 48.8 Å². The number of hydrogen-bond acceptors (Lipinski definition) is 10. The molecule has 0 amide bonds. The molecule has 0 atom stereocenters. The number of pyridine rings is 2. The normalized spacial score (nSPS) is 10.4. The van der Waals surface area contributed by atoms with Gasteiger partial charge in [0.2, 0.25) is 0 Å². The molecule has 0 saturated heterocycles. The summed E-state index contributed by atoms with van der Waals surface area (Å²) in [6.45, 7) is 0. The van der Waals surface area contributed by atoms with Crippen molar-refractivity contribution in [1.29, 1.82) is 0 Å². The van der Waals surface area contributed by atoms with Gasteiger partial charge in [-0.15, -0.1) is 20.5 Å². The maximum atomic E-state index is 9.44. The zero-order valence-corrected chi connectivity index (χ0v) is 18.4. The van der Waals surface area contributed by atoms with Gasteiger partial charge in [-0.2, -0.15) is 0 Å². The van der Waals surface area contributed by atoms with Crippen molar-refractivity contribution in [2.45, 2.75) is 0 Å². The average Bonchev–Trinajstić information content (AvgIpc) is 2.80. The number of aromatic hydroxyl groups is 4. The van der Waals surface area contributed by atoms with Crippen LogP contribution in [0.3, 0.4) is 0 Å². The number of phenolic OH excluding ortho intramolecular Hbond substituents is 4. The molecule has 2 heterocycles. The minimum absolute atomic E-state index is 0. The van der Waals surface area contributed by atoms with Crippen molar-refractivity contribution in [3.8, 4) is 23.0 Å². The van der Waals surface area contributed by atoms with Crippen molar-refractivity contribution in [2.24, 2.45) is 20.5 Å². The first-order chi connectivity index (χ1) is 15.5. The molecule has 4 N–H and O–H groups in total. The topological polar surface area (TPSA) is 156 Å². The molecule has 0 fully saturated rings. The van der Waals surface area contributed by atoms with Crippen LogP contribution in [-0.2, 0) is 20.4 Å². The summed E-state index contributed by atoms with van der Waals surface area (Å²) in [5.41, 5.74) is 0.562. The first-order valence-corrected chi connectivity index (χ1v) is 9.21. The van der Waals surface area contributed by atoms with Crippen LogP contribution in [0, 0.1) is 0 Å². The Morgan fingerprint density at radius 3 is 1.27 bits per heavy atom. The van der Waals surface area contributed by atoms with Crippen molar-refractivity contribution >= 4 is 23.0 Å². The molecule has 0 aliphatic rings. The Morgan fingerprint density at radius 1 is 0.515 bits per heavy atom. The van der Waals surface area contributed by atoms with Crippen LogP contribution < -0.4 is 0 Å². The molecule has 10 nitrogen and oxygen atoms in total. The Labute approximate surface area is 202 Å². The fourth-order valence-corrected chi connectivity index (χ4v) is 2.23. The largest absolute Gasteiger partial charge is 0.508 e. The SMILES string of the molecule is Oc1ccc(N=Nc2ccccn2)c(O)c1.Oc1ccc(N=Nc2ccccn2)c(O)c1.[Pd]. The monoisotopic (exact) mass is 536 g/mol. The van der Waals surface area contributed by atoms with E-state index in [-0.39, 0.29) is 54.8 Å². The summed E-state index contributed by atoms with van der Waals surface area (Å²) in [5, 5.41) is 52.3. The molecule has 11 heteroatoms. The van der Waals surface area contributed by atoms with E-state index in [2.05, 4.69) is 30.4 Å². The first kappa shape index (κ1) is 25.1. The number of hydrogen-bond donors (Lipinski definition) is 4. The molecular formula is C22H18N6O4Pd. The van der Waals surface area contributed by atoms with Crippen LogP contribution in [0.5, 0.6) is 23.0 Å². The Balaban J connectivity index is 0.000000227. The number of rotatable bonds is 4. The van der Waals surface area contributed by atoms with Gasteiger partial charge in [0, 0.05) is 44.9 Å². The van der Waals surface area contributed by atoms with Crippen LogP contribution in [0.2, 0.25) is 0 Å². The fourth-order valence-electron chi connectivity index (χ4n) is 2.23. The third-order valence-electron chi connectivity index (χ3n) is 3.74. The van der Waals surface area contributed by atoms with Crippen molar-refractivity contribution in [2.75, 3.05) is 0 Å². The van der Waals surface area contributed by atoms with Gasteiger partial charge >= 0.3 is 0 Å². The van der Waals surface area contributed by atoms with E-state index in [1.165, 1.54) is 36.4 Å². The molecule has 0 aliphatic heterocycles. The number of azo groups is 2. The van der Waals surface area contributed by atoms with E-state index < -0.39 is 0 Å². The Bertz CT molecular complexity index is 1130. The molecule has 0 saturated carbocycles. The zero-order chi connectivity index (χ0) is 22.8. The second-order valence-electron chi connectivity index (χ2n) is 6.12. The third kappa shape index (κ3) is 8.10. The summed E-state index contributed by atoms with van der Waals surface area (Å²) in [6.07, 6.45) is 3.20. The van der Waals surface area contributed by atoms with Gasteiger partial charge in [-0.25, -0.2) is 9.97 Å². The quantitative estimate of drug-likeness (QED) is 0.190. The van der Waals surface area contributed by atoms with Gasteiger partial charge in [0.1, 0.15) is 34.4 Å². The van der Waals surface area contributed by atoms with Gasteiger partial charge in [0.05, 0.1) is 0 Å². The molecule has 4 rings (SSSR count). The Kier molecular flexibility index (Phi) is 9.58. The van der Waals surface area contributed by atoms with Crippen LogP contribution in [-0.4, -0.2) is 30.4 Å². The summed E-state index contributed by atoms with van der Waals surface area (Å²) < 4.78 is 0. The van der Waals surface area contributed by atoms with Gasteiger partial charge in [-0.3, -0.25) is 0 Å². The maximum absolute atomic E-state index is 9.44. The maximum Gasteiger partial charge on any atom is 0.174 e. The predicted molar refractivity (Wildman–Crippen MR) is 116 cm³/mol. The van der Waals surface area contributed by atoms with Gasteiger partial charge in [0.15, 0.2) is 11.6 Å². The van der Waals surface area contributed by atoms with Crippen molar-refractivity contribution in [3.05, 3.63) is 85.2 Å². The minimum Gasteiger partial charge on any atom is -0.508 e. The Hall–Kier alpha value is -4.20. The van der Waals surface area contributed by atoms with Crippen molar-refractivity contribution < 1.29 is 40.8 Å². The van der Waals surface area contributed by atoms with Crippen molar-refractivity contribution in [3.63, 3.8) is 0 Å². The van der Waals surface area contributed by atoms with Gasteiger partial charge in [0.25, 0.3) is 0 Å². The van der Waals surface area contributed by atoms with Crippen LogP contribution in [0.25, 0.3) is 0 Å². The van der Waals surface area contributed by atoms with E-state index in [9.17, 15) is 10.2 Å². The molecule has 0 spiro atoms. The van der Waals surface area contributed by atoms with Gasteiger partial charge < -0.3 is 20.4 Å². The van der Waals surface area contributed by atoms with Crippen LogP contribution in [0.1, 0.15) is 0 Å². The summed E-state index contributed by atoms with van der Waals surface area (Å²) in [7, 11) is 0. The standard InChI is InChI=1S/2C11H9N3O2.Pd/c2*15-8-4-5-9(10(16)7-8)13-14-11-3-1-2-6-12-11;/h2*1-7,15-16H;. The second kappa shape index (κ2) is 12.6. The molecular weight excluding hydrogens is 519 g/mol. The predicted octanol–water partition coefficient (Wildman–Crippen LogP) is 5.81. The summed E-state index contributed by atoms with van der Waals surface area (Å²) >= 11 is 0. The molecule has 170 valence electrons. The number of benzene rings is 2. The average molecular weight is 537 g/mol. The molecule has 0 unspecified atom stereocenters. The third-order valence-corrected chi connectivity index (χ3v) is 3.74. The summed E-state index contributed by atoms with van der Waals surface area (Å²) in [4.78, 5) is 7.90. The number of aromatic nitrogens is 2. The smallest absolute Gasteiger partial charge is 0.174 e. The van der Waals surface area contributed by atoms with Crippen LogP contribution >= 0.6 is 0 Å². The van der Waals surface area contributed by atoms with Gasteiger partial charge in [-0.05, 0) is 48.5 Å². The van der Waals surface area contributed by atoms with E-state index >= 15 is 0 Å². The molecule has 0 bridgehead atoms. The zero-order valence-electron chi connectivity index (χ0n) is 16.9. The van der Waals surface area contributed by atoms with Gasteiger partial charge in [-0.1, -0.05) is 12.1 Å². The van der Waals surface area contributed by atoms with E-state index in [1.807, 2.05) is 0 Å². The number of nitrogens with zero attached hydrogens (tertiary/aromatic N) is 6. The summed E-state index contributed by atoms with van der Waals surface area (Å²) in [6, 6.07) is 18.7. The van der Waals surface area contributed by atoms with Crippen LogP contribution in [0.15, 0.2) is 106 Å². The molecule has 0 aliphatic carbocycles. The molecule has 33 heavy (non-hydrogen) atoms. The van der Waals surface area contributed by atoms with E-state index in [0.717, 1.165) is 0 Å². The Morgan fingerprint density at radius 2 is 0.939 bits per heavy atom. The van der Waals surface area contributed by atoms with E-state index in [4.69, 9.17) is 10.2 Å². The molecule has 2 aromatic carbocycles. The molecule has 2 aromatic heterocycles. The number of phenols is 4. The summed E-state index contributed by atoms with van der Waals surface area (Å²) in [5.74, 6) is 0.618. The van der Waals surface area contributed by atoms with Crippen molar-refractivity contribution in [1.82, 2.24) is 9.97 Å². The minimum atomic E-state index is -0.125. The molecule has 4 aromatic rings.